The highest BCUT2D eigenvalue weighted by molar-refractivity contribution is 7.05. The molecule has 0 radical (unpaired) electrons. The lowest BCUT2D eigenvalue weighted by Crippen LogP contribution is -2.30. The molecule has 0 atom stereocenters. The Bertz CT molecular complexity index is 245. The maximum atomic E-state index is 10.8. The van der Waals surface area contributed by atoms with Gasteiger partial charge in [-0.2, -0.15) is 0 Å². The molecule has 1 rings (SSSR count). The van der Waals surface area contributed by atoms with Crippen molar-refractivity contribution in [1.29, 1.82) is 0 Å². The van der Waals surface area contributed by atoms with Gasteiger partial charge in [0.15, 0.2) is 5.69 Å². The average Bonchev–Trinajstić information content (AvgIpc) is 2.34. The van der Waals surface area contributed by atoms with Gasteiger partial charge in [0.2, 0.25) is 0 Å². The first-order valence-electron chi connectivity index (χ1n) is 2.55. The zero-order valence-corrected chi connectivity index (χ0v) is 6.10. The van der Waals surface area contributed by atoms with Gasteiger partial charge in [-0.15, -0.1) is 5.10 Å². The fraction of sp³-hybridized carbons (Fsp3) is 0.250. The largest absolute Gasteiger partial charge is 0.289 e. The van der Waals surface area contributed by atoms with Crippen LogP contribution in [0.1, 0.15) is 15.4 Å². The molecule has 0 saturated heterocycles. The van der Waals surface area contributed by atoms with Crippen LogP contribution in [0.25, 0.3) is 0 Å². The molecule has 5 nitrogen and oxygen atoms in total. The lowest BCUT2D eigenvalue weighted by molar-refractivity contribution is 0.0948. The van der Waals surface area contributed by atoms with Crippen LogP contribution in [0.4, 0.5) is 0 Å². The van der Waals surface area contributed by atoms with Gasteiger partial charge in [0, 0.05) is 0 Å². The Kier molecular flexibility index (Phi) is 1.93. The van der Waals surface area contributed by atoms with Crippen molar-refractivity contribution < 1.29 is 4.79 Å². The van der Waals surface area contributed by atoms with E-state index in [2.05, 4.69) is 9.59 Å². The van der Waals surface area contributed by atoms with Crippen molar-refractivity contribution in [1.82, 2.24) is 15.0 Å². The number of hydrogen-bond donors (Lipinski definition) is 2. The molecule has 1 aromatic heterocycles. The van der Waals surface area contributed by atoms with Crippen molar-refractivity contribution in [2.75, 3.05) is 0 Å². The highest BCUT2D eigenvalue weighted by Gasteiger charge is 2.10. The van der Waals surface area contributed by atoms with Crippen molar-refractivity contribution in [3.8, 4) is 0 Å². The number of aryl methyl sites for hydroxylation is 1. The van der Waals surface area contributed by atoms with Crippen LogP contribution >= 0.6 is 11.5 Å². The third-order valence-corrected chi connectivity index (χ3v) is 1.63. The number of nitrogens with zero attached hydrogens (tertiary/aromatic N) is 2. The van der Waals surface area contributed by atoms with Crippen LogP contribution in [-0.4, -0.2) is 15.5 Å². The average molecular weight is 158 g/mol. The first-order valence-corrected chi connectivity index (χ1v) is 3.33. The summed E-state index contributed by atoms with van der Waals surface area (Å²) < 4.78 is 3.57. The van der Waals surface area contributed by atoms with Gasteiger partial charge >= 0.3 is 0 Å². The molecule has 0 bridgehead atoms. The van der Waals surface area contributed by atoms with Crippen molar-refractivity contribution in [2.45, 2.75) is 6.92 Å². The summed E-state index contributed by atoms with van der Waals surface area (Å²) in [6.45, 7) is 1.76. The lowest BCUT2D eigenvalue weighted by Gasteiger charge is -1.91. The van der Waals surface area contributed by atoms with E-state index < -0.39 is 5.91 Å². The topological polar surface area (TPSA) is 80.9 Å². The van der Waals surface area contributed by atoms with E-state index in [1.807, 2.05) is 5.43 Å². The van der Waals surface area contributed by atoms with E-state index in [9.17, 15) is 4.79 Å². The summed E-state index contributed by atoms with van der Waals surface area (Å²) in [6, 6.07) is 0. The Morgan fingerprint density at radius 2 is 2.50 bits per heavy atom. The molecule has 0 aliphatic carbocycles. The highest BCUT2D eigenvalue weighted by atomic mass is 32.1. The Balaban J connectivity index is 2.93. The van der Waals surface area contributed by atoms with Gasteiger partial charge in [-0.05, 0) is 18.5 Å². The van der Waals surface area contributed by atoms with Crippen LogP contribution in [0.2, 0.25) is 0 Å². The maximum absolute atomic E-state index is 10.8. The summed E-state index contributed by atoms with van der Waals surface area (Å²) in [6.07, 6.45) is 0. The summed E-state index contributed by atoms with van der Waals surface area (Å²) in [4.78, 5) is 11.5. The predicted octanol–water partition coefficient (Wildman–Crippen LogP) is -0.550. The Morgan fingerprint density at radius 3 is 2.90 bits per heavy atom. The van der Waals surface area contributed by atoms with E-state index in [1.54, 1.807) is 6.92 Å². The highest BCUT2D eigenvalue weighted by Crippen LogP contribution is 2.06. The third kappa shape index (κ3) is 1.12. The number of aromatic nitrogens is 2. The van der Waals surface area contributed by atoms with Crippen molar-refractivity contribution in [3.63, 3.8) is 0 Å². The number of carbonyl (C=O) groups excluding carboxylic acids is 1. The summed E-state index contributed by atoms with van der Waals surface area (Å²) in [5.74, 6) is 4.47. The van der Waals surface area contributed by atoms with Gasteiger partial charge in [0.1, 0.15) is 0 Å². The smallest absolute Gasteiger partial charge is 0.286 e. The van der Waals surface area contributed by atoms with Crippen LogP contribution in [0, 0.1) is 6.92 Å². The molecular formula is C4H6N4OS. The fourth-order valence-corrected chi connectivity index (χ4v) is 0.975. The number of nitrogen functional groups attached to an aromatic ring is 1. The number of carbonyl (C=O) groups is 1. The number of amides is 1. The molecule has 1 aromatic rings. The summed E-state index contributed by atoms with van der Waals surface area (Å²) in [7, 11) is 0. The molecule has 0 spiro atoms. The molecule has 0 fully saturated rings. The van der Waals surface area contributed by atoms with Gasteiger partial charge in [-0.3, -0.25) is 10.2 Å². The molecule has 1 heterocycles. The Labute approximate surface area is 61.4 Å². The van der Waals surface area contributed by atoms with Crippen LogP contribution in [0.5, 0.6) is 0 Å². The zero-order chi connectivity index (χ0) is 7.56. The third-order valence-electron chi connectivity index (χ3n) is 0.998. The first-order chi connectivity index (χ1) is 4.75. The van der Waals surface area contributed by atoms with E-state index in [0.29, 0.717) is 5.69 Å². The van der Waals surface area contributed by atoms with Crippen molar-refractivity contribution >= 4 is 17.4 Å². The minimum atomic E-state index is -0.397. The van der Waals surface area contributed by atoms with E-state index in [4.69, 9.17) is 5.84 Å². The molecule has 6 heteroatoms. The van der Waals surface area contributed by atoms with E-state index in [0.717, 1.165) is 4.88 Å². The Morgan fingerprint density at radius 1 is 1.80 bits per heavy atom. The predicted molar refractivity (Wildman–Crippen MR) is 36.3 cm³/mol. The molecule has 54 valence electrons. The summed E-state index contributed by atoms with van der Waals surface area (Å²) >= 11 is 1.17. The molecule has 0 aliphatic rings. The maximum Gasteiger partial charge on any atom is 0.286 e. The standard InChI is InChI=1S/C4H6N4OS/c1-2-3(4(9)6-5)7-8-10-2/h5H2,1H3,(H,6,9). The number of nitrogens with one attached hydrogen (secondary N) is 1. The van der Waals surface area contributed by atoms with Crippen LogP contribution in [-0.2, 0) is 0 Å². The molecule has 0 unspecified atom stereocenters. The van der Waals surface area contributed by atoms with Crippen molar-refractivity contribution in [2.24, 2.45) is 5.84 Å². The van der Waals surface area contributed by atoms with Crippen LogP contribution in [0.3, 0.4) is 0 Å². The van der Waals surface area contributed by atoms with Crippen molar-refractivity contribution in [3.05, 3.63) is 10.6 Å². The van der Waals surface area contributed by atoms with Gasteiger partial charge in [0.05, 0.1) is 4.88 Å². The molecule has 1 amide bonds. The van der Waals surface area contributed by atoms with Gasteiger partial charge in [-0.25, -0.2) is 5.84 Å². The summed E-state index contributed by atoms with van der Waals surface area (Å²) in [5.41, 5.74) is 2.27. The zero-order valence-electron chi connectivity index (χ0n) is 5.29. The lowest BCUT2D eigenvalue weighted by atomic mass is 10.4. The monoisotopic (exact) mass is 158 g/mol. The fourth-order valence-electron chi connectivity index (χ4n) is 0.510. The second kappa shape index (κ2) is 2.72. The first kappa shape index (κ1) is 7.10. The minimum Gasteiger partial charge on any atom is -0.289 e. The van der Waals surface area contributed by atoms with Crippen LogP contribution in [0.15, 0.2) is 0 Å². The van der Waals surface area contributed by atoms with E-state index in [-0.39, 0.29) is 0 Å². The Hall–Kier alpha value is -1.01. The molecule has 3 N–H and O–H groups in total. The molecule has 0 aliphatic heterocycles. The number of nitrogens with two attached hydrogens (primary N) is 1. The van der Waals surface area contributed by atoms with Gasteiger partial charge in [-0.1, -0.05) is 4.49 Å². The van der Waals surface area contributed by atoms with Gasteiger partial charge in [0.25, 0.3) is 5.91 Å². The minimum absolute atomic E-state index is 0.299. The van der Waals surface area contributed by atoms with E-state index in [1.165, 1.54) is 11.5 Å². The number of hydrazine groups is 1. The number of hydrogen-bond acceptors (Lipinski definition) is 5. The van der Waals surface area contributed by atoms with Crippen LogP contribution < -0.4 is 11.3 Å². The second-order valence-corrected chi connectivity index (χ2v) is 2.61. The number of rotatable bonds is 1. The molecule has 0 saturated carbocycles. The quantitative estimate of drug-likeness (QED) is 0.326. The molecule has 10 heavy (non-hydrogen) atoms. The SMILES string of the molecule is Cc1snnc1C(=O)NN. The summed E-state index contributed by atoms with van der Waals surface area (Å²) in [5, 5.41) is 3.56. The molecular weight excluding hydrogens is 152 g/mol. The normalized spacial score (nSPS) is 9.40. The second-order valence-electron chi connectivity index (χ2n) is 1.65. The van der Waals surface area contributed by atoms with Gasteiger partial charge < -0.3 is 0 Å². The molecule has 0 aromatic carbocycles. The van der Waals surface area contributed by atoms with E-state index >= 15 is 0 Å².